The molecule has 0 aliphatic rings. The smallest absolute Gasteiger partial charge is 0.405 e. The summed E-state index contributed by atoms with van der Waals surface area (Å²) in [5.41, 5.74) is -0.503. The Morgan fingerprint density at radius 1 is 1.16 bits per heavy atom. The van der Waals surface area contributed by atoms with E-state index in [1.807, 2.05) is 0 Å². The second-order valence-electron chi connectivity index (χ2n) is 7.21. The number of alkyl halides is 3. The van der Waals surface area contributed by atoms with Crippen molar-refractivity contribution < 1.29 is 27.5 Å². The van der Waals surface area contributed by atoms with Crippen LogP contribution in [-0.4, -0.2) is 39.3 Å². The quantitative estimate of drug-likeness (QED) is 0.235. The molecule has 8 nitrogen and oxygen atoms in total. The fraction of sp³-hybridized carbons (Fsp3) is 0.0909. The zero-order valence-corrected chi connectivity index (χ0v) is 22.1. The van der Waals surface area contributed by atoms with Crippen LogP contribution in [0.3, 0.4) is 0 Å². The number of hydrogen-bond donors (Lipinski definition) is 2. The summed E-state index contributed by atoms with van der Waals surface area (Å²) in [6.45, 7) is -1.57. The molecule has 3 heterocycles. The number of thiophene rings is 1. The molecule has 1 aromatic carbocycles. The highest BCUT2D eigenvalue weighted by Crippen LogP contribution is 2.32. The summed E-state index contributed by atoms with van der Waals surface area (Å²) in [5.74, 6) is -1.24. The van der Waals surface area contributed by atoms with Crippen LogP contribution in [0.1, 0.15) is 20.8 Å². The van der Waals surface area contributed by atoms with Crippen LogP contribution in [0.2, 0.25) is 10.0 Å². The molecule has 0 atom stereocenters. The number of rotatable bonds is 7. The number of aromatic nitrogens is 3. The molecule has 192 valence electrons. The van der Waals surface area contributed by atoms with E-state index in [9.17, 15) is 22.8 Å². The SMILES string of the molecule is O=C(NCC(F)(F)F)c1cc(Cl)cc(Br)c1NC(=O)c1cc(Oc2ccsc2)nn1-c1ncccc1Cl. The second kappa shape index (κ2) is 11.1. The van der Waals surface area contributed by atoms with Crippen LogP contribution in [0, 0.1) is 0 Å². The Morgan fingerprint density at radius 3 is 2.62 bits per heavy atom. The standard InChI is InChI=1S/C22H13BrCl2F3N5O3S/c23-14-7-11(24)6-13(20(34)30-10-22(26,27)28)18(14)31-21(35)16-8-17(36-12-3-5-37-9-12)32-33(16)19-15(25)2-1-4-29-19/h1-9H,10H2,(H,30,34)(H,31,35). The molecule has 0 radical (unpaired) electrons. The summed E-state index contributed by atoms with van der Waals surface area (Å²) in [7, 11) is 0. The molecular weight excluding hydrogens is 622 g/mol. The van der Waals surface area contributed by atoms with E-state index in [4.69, 9.17) is 27.9 Å². The van der Waals surface area contributed by atoms with Gasteiger partial charge in [-0.15, -0.1) is 16.4 Å². The maximum absolute atomic E-state index is 13.4. The zero-order chi connectivity index (χ0) is 26.7. The van der Waals surface area contributed by atoms with Crippen LogP contribution in [0.15, 0.2) is 57.8 Å². The third kappa shape index (κ3) is 6.60. The molecule has 0 fully saturated rings. The van der Waals surface area contributed by atoms with E-state index >= 15 is 0 Å². The van der Waals surface area contributed by atoms with Crippen LogP contribution in [0.4, 0.5) is 18.9 Å². The van der Waals surface area contributed by atoms with Crippen LogP contribution in [-0.2, 0) is 0 Å². The average Bonchev–Trinajstić information content (AvgIpc) is 3.49. The Bertz CT molecular complexity index is 1460. The molecular formula is C22H13BrCl2F3N5O3S. The Hall–Kier alpha value is -3.13. The van der Waals surface area contributed by atoms with Crippen molar-refractivity contribution in [2.45, 2.75) is 6.18 Å². The largest absolute Gasteiger partial charge is 0.437 e. The van der Waals surface area contributed by atoms with Gasteiger partial charge in [-0.2, -0.15) is 13.2 Å². The van der Waals surface area contributed by atoms with Gasteiger partial charge in [0.2, 0.25) is 5.88 Å². The maximum atomic E-state index is 13.4. The highest BCUT2D eigenvalue weighted by Gasteiger charge is 2.29. The maximum Gasteiger partial charge on any atom is 0.405 e. The predicted octanol–water partition coefficient (Wildman–Crippen LogP) is 6.73. The Kier molecular flexibility index (Phi) is 8.07. The number of nitrogens with one attached hydrogen (secondary N) is 2. The van der Waals surface area contributed by atoms with E-state index in [1.54, 1.807) is 34.3 Å². The van der Waals surface area contributed by atoms with Gasteiger partial charge >= 0.3 is 6.18 Å². The normalized spacial score (nSPS) is 11.3. The van der Waals surface area contributed by atoms with Crippen LogP contribution >= 0.6 is 50.5 Å². The first-order valence-corrected chi connectivity index (χ1v) is 12.6. The molecule has 15 heteroatoms. The first-order chi connectivity index (χ1) is 17.5. The van der Waals surface area contributed by atoms with Gasteiger partial charge < -0.3 is 15.4 Å². The lowest BCUT2D eigenvalue weighted by Gasteiger charge is -2.15. The van der Waals surface area contributed by atoms with E-state index in [0.717, 1.165) is 10.7 Å². The number of benzene rings is 1. The number of carbonyl (C=O) groups excluding carboxylic acids is 2. The summed E-state index contributed by atoms with van der Waals surface area (Å²) >= 11 is 16.9. The lowest BCUT2D eigenvalue weighted by Crippen LogP contribution is -2.34. The molecule has 4 aromatic rings. The van der Waals surface area contributed by atoms with Crippen LogP contribution < -0.4 is 15.4 Å². The third-order valence-electron chi connectivity index (χ3n) is 4.56. The molecule has 0 aliphatic carbocycles. The Labute approximate surface area is 229 Å². The molecule has 3 aromatic heterocycles. The van der Waals surface area contributed by atoms with Gasteiger partial charge in [-0.3, -0.25) is 9.59 Å². The van der Waals surface area contributed by atoms with Crippen molar-refractivity contribution in [2.24, 2.45) is 0 Å². The summed E-state index contributed by atoms with van der Waals surface area (Å²) in [6.07, 6.45) is -3.19. The van der Waals surface area contributed by atoms with Crippen molar-refractivity contribution in [1.82, 2.24) is 20.1 Å². The molecule has 4 rings (SSSR count). The van der Waals surface area contributed by atoms with Gasteiger partial charge in [0.25, 0.3) is 11.8 Å². The van der Waals surface area contributed by atoms with Gasteiger partial charge in [0, 0.05) is 27.1 Å². The Balaban J connectivity index is 1.71. The summed E-state index contributed by atoms with van der Waals surface area (Å²) in [5, 5.41) is 12.3. The number of ether oxygens (including phenoxy) is 1. The van der Waals surface area contributed by atoms with E-state index in [0.29, 0.717) is 5.75 Å². The minimum Gasteiger partial charge on any atom is -0.437 e. The number of amides is 2. The van der Waals surface area contributed by atoms with Gasteiger partial charge in [0.15, 0.2) is 5.82 Å². The second-order valence-corrected chi connectivity index (χ2v) is 9.69. The molecule has 0 aliphatic heterocycles. The Morgan fingerprint density at radius 2 is 1.95 bits per heavy atom. The van der Waals surface area contributed by atoms with Crippen LogP contribution in [0.25, 0.3) is 5.82 Å². The topological polar surface area (TPSA) is 98.1 Å². The summed E-state index contributed by atoms with van der Waals surface area (Å²) in [6, 6.07) is 8.67. The third-order valence-corrected chi connectivity index (χ3v) is 6.36. The van der Waals surface area contributed by atoms with Gasteiger partial charge in [-0.05, 0) is 51.6 Å². The predicted molar refractivity (Wildman–Crippen MR) is 136 cm³/mol. The lowest BCUT2D eigenvalue weighted by atomic mass is 10.1. The zero-order valence-electron chi connectivity index (χ0n) is 18.1. The monoisotopic (exact) mass is 633 g/mol. The van der Waals surface area contributed by atoms with Crippen molar-refractivity contribution in [3.8, 4) is 17.4 Å². The molecule has 0 bridgehead atoms. The van der Waals surface area contributed by atoms with Crippen molar-refractivity contribution in [2.75, 3.05) is 11.9 Å². The molecule has 0 unspecified atom stereocenters. The van der Waals surface area contributed by atoms with E-state index in [1.165, 1.54) is 29.7 Å². The summed E-state index contributed by atoms with van der Waals surface area (Å²) in [4.78, 5) is 30.1. The van der Waals surface area contributed by atoms with E-state index in [-0.39, 0.29) is 43.2 Å². The number of anilines is 1. The number of carbonyl (C=O) groups is 2. The van der Waals surface area contributed by atoms with Gasteiger partial charge in [-0.25, -0.2) is 9.67 Å². The number of hydrogen-bond acceptors (Lipinski definition) is 6. The minimum absolute atomic E-state index is 0.0450. The minimum atomic E-state index is -4.64. The molecule has 2 amide bonds. The highest BCUT2D eigenvalue weighted by molar-refractivity contribution is 9.10. The van der Waals surface area contributed by atoms with Crippen molar-refractivity contribution in [3.05, 3.63) is 79.1 Å². The van der Waals surface area contributed by atoms with Gasteiger partial charge in [0.1, 0.15) is 18.0 Å². The van der Waals surface area contributed by atoms with Crippen molar-refractivity contribution in [3.63, 3.8) is 0 Å². The fourth-order valence-electron chi connectivity index (χ4n) is 3.03. The molecule has 0 saturated heterocycles. The van der Waals surface area contributed by atoms with Gasteiger partial charge in [0.05, 0.1) is 16.3 Å². The molecule has 0 spiro atoms. The average molecular weight is 635 g/mol. The number of halogens is 6. The van der Waals surface area contributed by atoms with Crippen molar-refractivity contribution >= 4 is 68.0 Å². The van der Waals surface area contributed by atoms with Crippen LogP contribution in [0.5, 0.6) is 11.6 Å². The highest BCUT2D eigenvalue weighted by atomic mass is 79.9. The first kappa shape index (κ1) is 26.9. The van der Waals surface area contributed by atoms with Gasteiger partial charge in [-0.1, -0.05) is 23.2 Å². The number of pyridine rings is 1. The number of nitrogens with zero attached hydrogens (tertiary/aromatic N) is 3. The lowest BCUT2D eigenvalue weighted by molar-refractivity contribution is -0.123. The van der Waals surface area contributed by atoms with E-state index in [2.05, 4.69) is 31.3 Å². The first-order valence-electron chi connectivity index (χ1n) is 10.1. The molecule has 37 heavy (non-hydrogen) atoms. The molecule has 2 N–H and O–H groups in total. The van der Waals surface area contributed by atoms with E-state index < -0.39 is 24.5 Å². The molecule has 0 saturated carbocycles. The fourth-order valence-corrected chi connectivity index (χ4v) is 4.69. The summed E-state index contributed by atoms with van der Waals surface area (Å²) < 4.78 is 44.9. The van der Waals surface area contributed by atoms with Crippen molar-refractivity contribution in [1.29, 1.82) is 0 Å².